The van der Waals surface area contributed by atoms with Gasteiger partial charge in [0, 0.05) is 17.8 Å². The summed E-state index contributed by atoms with van der Waals surface area (Å²) in [5, 5.41) is 0. The topological polar surface area (TPSA) is 6.48 Å². The second-order valence-corrected chi connectivity index (χ2v) is 5.89. The summed E-state index contributed by atoms with van der Waals surface area (Å²) in [5.41, 5.74) is 6.73. The normalized spacial score (nSPS) is 18.1. The van der Waals surface area contributed by atoms with Crippen molar-refractivity contribution in [1.29, 1.82) is 0 Å². The van der Waals surface area contributed by atoms with Crippen LogP contribution in [0.15, 0.2) is 78.9 Å². The Bertz CT molecular complexity index is 841. The molecule has 2 heterocycles. The van der Waals surface area contributed by atoms with Crippen molar-refractivity contribution in [3.63, 3.8) is 0 Å². The Kier molecular flexibility index (Phi) is 2.36. The Labute approximate surface area is 130 Å². The first kappa shape index (κ1) is 11.9. The number of fused-ring (bicyclic) bond motifs is 5. The summed E-state index contributed by atoms with van der Waals surface area (Å²) in [6, 6.07) is 28.2. The zero-order chi connectivity index (χ0) is 14.5. The quantitative estimate of drug-likeness (QED) is 0.630. The predicted octanol–water partition coefficient (Wildman–Crippen LogP) is 4.86. The van der Waals surface area contributed by atoms with Crippen LogP contribution in [0.5, 0.6) is 0 Å². The molecule has 106 valence electrons. The lowest BCUT2D eigenvalue weighted by molar-refractivity contribution is 0.718. The van der Waals surface area contributed by atoms with Crippen LogP contribution in [-0.2, 0) is 6.54 Å². The van der Waals surface area contributed by atoms with Crippen molar-refractivity contribution in [1.82, 2.24) is 0 Å². The zero-order valence-corrected chi connectivity index (χ0v) is 12.2. The van der Waals surface area contributed by atoms with Crippen LogP contribution >= 0.6 is 0 Å². The van der Waals surface area contributed by atoms with E-state index in [-0.39, 0.29) is 6.17 Å². The smallest absolute Gasteiger partial charge is 0.133 e. The summed E-state index contributed by atoms with van der Waals surface area (Å²) in [6.07, 6.45) is 0.274. The third kappa shape index (κ3) is 1.49. The lowest BCUT2D eigenvalue weighted by atomic mass is 10.1. The van der Waals surface area contributed by atoms with Gasteiger partial charge in [0.2, 0.25) is 0 Å². The minimum Gasteiger partial charge on any atom is -0.341 e. The number of anilines is 3. The Morgan fingerprint density at radius 1 is 0.682 bits per heavy atom. The van der Waals surface area contributed by atoms with Crippen LogP contribution in [0.25, 0.3) is 0 Å². The fourth-order valence-corrected chi connectivity index (χ4v) is 3.77. The average molecular weight is 284 g/mol. The molecule has 0 fully saturated rings. The SMILES string of the molecule is c1ccc(N2c3ccccc3N3Cc4ccccc4C32)cc1. The molecule has 2 aliphatic rings. The van der Waals surface area contributed by atoms with Gasteiger partial charge in [-0.3, -0.25) is 0 Å². The van der Waals surface area contributed by atoms with Crippen LogP contribution in [-0.4, -0.2) is 0 Å². The van der Waals surface area contributed by atoms with Crippen molar-refractivity contribution < 1.29 is 0 Å². The minimum atomic E-state index is 0.274. The third-order valence-corrected chi connectivity index (χ3v) is 4.70. The molecular weight excluding hydrogens is 268 g/mol. The first-order valence-electron chi connectivity index (χ1n) is 7.71. The van der Waals surface area contributed by atoms with E-state index in [0.717, 1.165) is 6.54 Å². The van der Waals surface area contributed by atoms with Crippen molar-refractivity contribution in [2.75, 3.05) is 9.80 Å². The monoisotopic (exact) mass is 284 g/mol. The van der Waals surface area contributed by atoms with Gasteiger partial charge >= 0.3 is 0 Å². The molecule has 22 heavy (non-hydrogen) atoms. The molecule has 0 bridgehead atoms. The van der Waals surface area contributed by atoms with Crippen LogP contribution in [0.1, 0.15) is 17.3 Å². The lowest BCUT2D eigenvalue weighted by Gasteiger charge is -2.28. The molecule has 2 nitrogen and oxygen atoms in total. The van der Waals surface area contributed by atoms with Gasteiger partial charge in [-0.2, -0.15) is 0 Å². The standard InChI is InChI=1S/C20H16N2/c1-2-9-16(10-3-1)22-19-13-7-6-12-18(19)21-14-15-8-4-5-11-17(15)20(21)22/h1-13,20H,14H2. The molecule has 3 aromatic rings. The highest BCUT2D eigenvalue weighted by molar-refractivity contribution is 5.85. The Morgan fingerprint density at radius 3 is 2.23 bits per heavy atom. The van der Waals surface area contributed by atoms with Crippen molar-refractivity contribution in [2.24, 2.45) is 0 Å². The summed E-state index contributed by atoms with van der Waals surface area (Å²) in [5.74, 6) is 0. The second-order valence-electron chi connectivity index (χ2n) is 5.89. The van der Waals surface area contributed by atoms with Gasteiger partial charge in [0.15, 0.2) is 0 Å². The summed E-state index contributed by atoms with van der Waals surface area (Å²) >= 11 is 0. The van der Waals surface area contributed by atoms with Crippen molar-refractivity contribution in [3.8, 4) is 0 Å². The van der Waals surface area contributed by atoms with Crippen LogP contribution in [0.4, 0.5) is 17.1 Å². The van der Waals surface area contributed by atoms with E-state index >= 15 is 0 Å². The Balaban J connectivity index is 1.75. The molecular formula is C20H16N2. The Hall–Kier alpha value is -2.74. The van der Waals surface area contributed by atoms with Gasteiger partial charge in [-0.05, 0) is 29.8 Å². The van der Waals surface area contributed by atoms with Gasteiger partial charge in [0.1, 0.15) is 6.17 Å². The van der Waals surface area contributed by atoms with E-state index in [2.05, 4.69) is 88.7 Å². The Morgan fingerprint density at radius 2 is 1.36 bits per heavy atom. The maximum absolute atomic E-state index is 2.51. The first-order chi connectivity index (χ1) is 10.9. The molecule has 2 aliphatic heterocycles. The molecule has 0 spiro atoms. The molecule has 0 amide bonds. The highest BCUT2D eigenvalue weighted by Crippen LogP contribution is 2.54. The van der Waals surface area contributed by atoms with E-state index in [9.17, 15) is 0 Å². The van der Waals surface area contributed by atoms with Gasteiger partial charge < -0.3 is 9.80 Å². The highest BCUT2D eigenvalue weighted by Gasteiger charge is 2.42. The number of rotatable bonds is 1. The predicted molar refractivity (Wildman–Crippen MR) is 90.4 cm³/mol. The van der Waals surface area contributed by atoms with Crippen LogP contribution in [0.3, 0.4) is 0 Å². The summed E-state index contributed by atoms with van der Waals surface area (Å²) in [7, 11) is 0. The molecule has 0 N–H and O–H groups in total. The van der Waals surface area contributed by atoms with Crippen LogP contribution < -0.4 is 9.80 Å². The van der Waals surface area contributed by atoms with E-state index in [0.29, 0.717) is 0 Å². The van der Waals surface area contributed by atoms with Crippen LogP contribution in [0, 0.1) is 0 Å². The highest BCUT2D eigenvalue weighted by atomic mass is 15.4. The molecule has 0 saturated heterocycles. The van der Waals surface area contributed by atoms with E-state index in [1.807, 2.05) is 0 Å². The maximum Gasteiger partial charge on any atom is 0.133 e. The molecule has 0 aromatic heterocycles. The lowest BCUT2D eigenvalue weighted by Crippen LogP contribution is -2.27. The first-order valence-corrected chi connectivity index (χ1v) is 7.71. The third-order valence-electron chi connectivity index (χ3n) is 4.70. The van der Waals surface area contributed by atoms with Crippen LogP contribution in [0.2, 0.25) is 0 Å². The van der Waals surface area contributed by atoms with E-state index < -0.39 is 0 Å². The number of benzene rings is 3. The maximum atomic E-state index is 2.51. The van der Waals surface area contributed by atoms with Crippen molar-refractivity contribution >= 4 is 17.1 Å². The van der Waals surface area contributed by atoms with Gasteiger partial charge in [0.25, 0.3) is 0 Å². The second kappa shape index (κ2) is 4.38. The number of hydrogen-bond donors (Lipinski definition) is 0. The molecule has 1 unspecified atom stereocenters. The molecule has 2 heteroatoms. The molecule has 1 atom stereocenters. The van der Waals surface area contributed by atoms with Gasteiger partial charge in [-0.25, -0.2) is 0 Å². The average Bonchev–Trinajstić information content (AvgIpc) is 3.10. The fraction of sp³-hybridized carbons (Fsp3) is 0.100. The zero-order valence-electron chi connectivity index (χ0n) is 12.2. The molecule has 0 aliphatic carbocycles. The van der Waals surface area contributed by atoms with Crippen molar-refractivity contribution in [3.05, 3.63) is 90.0 Å². The molecule has 0 radical (unpaired) electrons. The summed E-state index contributed by atoms with van der Waals surface area (Å²) in [4.78, 5) is 4.97. The number of hydrogen-bond acceptors (Lipinski definition) is 2. The van der Waals surface area contributed by atoms with E-state index in [4.69, 9.17) is 0 Å². The molecule has 0 saturated carbocycles. The fourth-order valence-electron chi connectivity index (χ4n) is 3.77. The summed E-state index contributed by atoms with van der Waals surface area (Å²) < 4.78 is 0. The molecule has 5 rings (SSSR count). The van der Waals surface area contributed by atoms with Gasteiger partial charge in [0.05, 0.1) is 11.4 Å². The van der Waals surface area contributed by atoms with E-state index in [1.165, 1.54) is 28.2 Å². The molecule has 3 aromatic carbocycles. The van der Waals surface area contributed by atoms with E-state index in [1.54, 1.807) is 0 Å². The number of para-hydroxylation sites is 3. The van der Waals surface area contributed by atoms with Gasteiger partial charge in [-0.15, -0.1) is 0 Å². The van der Waals surface area contributed by atoms with Crippen molar-refractivity contribution in [2.45, 2.75) is 12.7 Å². The largest absolute Gasteiger partial charge is 0.341 e. The van der Waals surface area contributed by atoms with Gasteiger partial charge in [-0.1, -0.05) is 54.6 Å². The number of nitrogens with zero attached hydrogens (tertiary/aromatic N) is 2. The summed E-state index contributed by atoms with van der Waals surface area (Å²) in [6.45, 7) is 0.987. The minimum absolute atomic E-state index is 0.274.